The van der Waals surface area contributed by atoms with Gasteiger partial charge in [-0.25, -0.2) is 9.96 Å². The smallest absolute Gasteiger partial charge is 0.269 e. The zero-order valence-corrected chi connectivity index (χ0v) is 18.2. The lowest BCUT2D eigenvalue weighted by Gasteiger charge is -2.28. The molecule has 3 atom stereocenters. The van der Waals surface area contributed by atoms with Crippen molar-refractivity contribution in [2.45, 2.75) is 19.1 Å². The van der Waals surface area contributed by atoms with Crippen molar-refractivity contribution in [2.24, 2.45) is 5.92 Å². The van der Waals surface area contributed by atoms with E-state index in [1.807, 2.05) is 13.0 Å². The largest absolute Gasteiger partial charge is 0.273 e. The van der Waals surface area contributed by atoms with Crippen LogP contribution in [0.1, 0.15) is 17.2 Å². The molecule has 0 aliphatic carbocycles. The van der Waals surface area contributed by atoms with Crippen molar-refractivity contribution in [1.29, 1.82) is 0 Å². The topological polar surface area (TPSA) is 93.0 Å². The van der Waals surface area contributed by atoms with E-state index in [4.69, 9.17) is 16.4 Å². The molecule has 2 heterocycles. The van der Waals surface area contributed by atoms with Crippen molar-refractivity contribution in [2.75, 3.05) is 9.96 Å². The Morgan fingerprint density at radius 1 is 0.939 bits per heavy atom. The predicted octanol–water partition coefficient (Wildman–Crippen LogP) is 4.61. The highest BCUT2D eigenvalue weighted by atomic mass is 35.5. The summed E-state index contributed by atoms with van der Waals surface area (Å²) in [7, 11) is 0. The molecule has 3 aromatic rings. The van der Waals surface area contributed by atoms with Crippen LogP contribution in [0.5, 0.6) is 0 Å². The number of imide groups is 1. The highest BCUT2D eigenvalue weighted by molar-refractivity contribution is 6.30. The highest BCUT2D eigenvalue weighted by Gasteiger charge is 2.60. The fraction of sp³-hybridized carbons (Fsp3) is 0.167. The van der Waals surface area contributed by atoms with Crippen molar-refractivity contribution in [3.63, 3.8) is 0 Å². The molecular weight excluding hydrogens is 446 g/mol. The zero-order chi connectivity index (χ0) is 23.3. The van der Waals surface area contributed by atoms with E-state index in [0.29, 0.717) is 22.0 Å². The summed E-state index contributed by atoms with van der Waals surface area (Å²) < 4.78 is 0. The second kappa shape index (κ2) is 7.99. The van der Waals surface area contributed by atoms with Crippen LogP contribution in [-0.2, 0) is 14.4 Å². The van der Waals surface area contributed by atoms with Crippen LogP contribution < -0.4 is 9.96 Å². The Hall–Kier alpha value is -3.75. The van der Waals surface area contributed by atoms with E-state index in [1.54, 1.807) is 54.6 Å². The molecule has 2 aliphatic rings. The molecule has 0 radical (unpaired) electrons. The number of nitro groups is 1. The Morgan fingerprint density at radius 2 is 1.64 bits per heavy atom. The third-order valence-corrected chi connectivity index (χ3v) is 6.15. The van der Waals surface area contributed by atoms with Gasteiger partial charge in [-0.05, 0) is 54.4 Å². The first-order chi connectivity index (χ1) is 15.8. The van der Waals surface area contributed by atoms with Crippen molar-refractivity contribution in [1.82, 2.24) is 0 Å². The molecule has 0 bridgehead atoms. The number of hydrogen-bond donors (Lipinski definition) is 0. The number of halogens is 1. The molecule has 0 saturated carbocycles. The van der Waals surface area contributed by atoms with E-state index in [0.717, 1.165) is 5.56 Å². The summed E-state index contributed by atoms with van der Waals surface area (Å²) in [6.07, 6.45) is -1.02. The van der Waals surface area contributed by atoms with E-state index >= 15 is 0 Å². The molecule has 166 valence electrons. The second-order valence-corrected chi connectivity index (χ2v) is 8.43. The van der Waals surface area contributed by atoms with Crippen LogP contribution in [0, 0.1) is 23.0 Å². The lowest BCUT2D eigenvalue weighted by Crippen LogP contribution is -2.37. The average molecular weight is 464 g/mol. The van der Waals surface area contributed by atoms with E-state index in [2.05, 4.69) is 0 Å². The number of fused-ring (bicyclic) bond motifs is 1. The van der Waals surface area contributed by atoms with Gasteiger partial charge in [0, 0.05) is 17.2 Å². The highest BCUT2D eigenvalue weighted by Crippen LogP contribution is 2.47. The standard InChI is InChI=1S/C24H18ClN3O5/c1-14-3-2-4-19(13-14)26-23(29)20-21(15-5-9-18(10-6-15)28(31)32)27(33-22(20)24(26)30)17-11-7-16(25)8-12-17/h2-13,20-22H,1H3. The van der Waals surface area contributed by atoms with E-state index in [1.165, 1.54) is 22.1 Å². The van der Waals surface area contributed by atoms with Gasteiger partial charge >= 0.3 is 0 Å². The van der Waals surface area contributed by atoms with Gasteiger partial charge < -0.3 is 0 Å². The number of anilines is 2. The van der Waals surface area contributed by atoms with Gasteiger partial charge in [0.15, 0.2) is 6.10 Å². The minimum atomic E-state index is -1.02. The maximum Gasteiger partial charge on any atom is 0.269 e. The fourth-order valence-electron chi connectivity index (χ4n) is 4.38. The van der Waals surface area contributed by atoms with Crippen LogP contribution in [0.15, 0.2) is 72.8 Å². The normalized spacial score (nSPS) is 22.1. The van der Waals surface area contributed by atoms with Gasteiger partial charge in [0.1, 0.15) is 5.92 Å². The number of rotatable bonds is 4. The Labute approximate surface area is 194 Å². The summed E-state index contributed by atoms with van der Waals surface area (Å²) in [4.78, 5) is 44.7. The van der Waals surface area contributed by atoms with Gasteiger partial charge in [-0.1, -0.05) is 35.9 Å². The summed E-state index contributed by atoms with van der Waals surface area (Å²) in [6.45, 7) is 1.88. The third-order valence-electron chi connectivity index (χ3n) is 5.90. The Bertz CT molecular complexity index is 1260. The first-order valence-electron chi connectivity index (χ1n) is 10.3. The number of non-ortho nitro benzene ring substituents is 1. The molecule has 2 fully saturated rings. The van der Waals surface area contributed by atoms with E-state index in [-0.39, 0.29) is 11.6 Å². The number of hydroxylamine groups is 1. The molecule has 9 heteroatoms. The molecule has 8 nitrogen and oxygen atoms in total. The van der Waals surface area contributed by atoms with E-state index < -0.39 is 28.9 Å². The van der Waals surface area contributed by atoms with Crippen LogP contribution in [-0.4, -0.2) is 22.8 Å². The molecule has 2 aliphatic heterocycles. The van der Waals surface area contributed by atoms with Crippen molar-refractivity contribution in [3.8, 4) is 0 Å². The second-order valence-electron chi connectivity index (χ2n) is 8.00. The SMILES string of the molecule is Cc1cccc(N2C(=O)C3ON(c4ccc(Cl)cc4)C(c4ccc([N+](=O)[O-])cc4)C3C2=O)c1. The zero-order valence-electron chi connectivity index (χ0n) is 17.4. The minimum absolute atomic E-state index is 0.0672. The predicted molar refractivity (Wildman–Crippen MR) is 122 cm³/mol. The Morgan fingerprint density at radius 3 is 2.27 bits per heavy atom. The molecular formula is C24H18ClN3O5. The molecule has 2 saturated heterocycles. The first kappa shape index (κ1) is 21.1. The molecule has 2 amide bonds. The van der Waals surface area contributed by atoms with Crippen molar-refractivity contribution < 1.29 is 19.3 Å². The van der Waals surface area contributed by atoms with E-state index in [9.17, 15) is 19.7 Å². The monoisotopic (exact) mass is 463 g/mol. The number of carbonyl (C=O) groups is 2. The van der Waals surface area contributed by atoms with Gasteiger partial charge in [0.2, 0.25) is 5.91 Å². The van der Waals surface area contributed by atoms with Crippen LogP contribution in [0.25, 0.3) is 0 Å². The van der Waals surface area contributed by atoms with Crippen molar-refractivity contribution >= 4 is 40.5 Å². The lowest BCUT2D eigenvalue weighted by atomic mass is 9.90. The summed E-state index contributed by atoms with van der Waals surface area (Å²) in [5.41, 5.74) is 2.57. The number of benzene rings is 3. The number of amides is 2. The molecule has 0 aromatic heterocycles. The maximum absolute atomic E-state index is 13.6. The fourth-order valence-corrected chi connectivity index (χ4v) is 4.51. The van der Waals surface area contributed by atoms with Crippen LogP contribution in [0.3, 0.4) is 0 Å². The summed E-state index contributed by atoms with van der Waals surface area (Å²) in [6, 6.07) is 19.2. The quantitative estimate of drug-likeness (QED) is 0.319. The van der Waals surface area contributed by atoms with Gasteiger partial charge in [-0.2, -0.15) is 0 Å². The molecule has 33 heavy (non-hydrogen) atoms. The maximum atomic E-state index is 13.6. The minimum Gasteiger partial charge on any atom is -0.273 e. The van der Waals surface area contributed by atoms with Crippen LogP contribution in [0.4, 0.5) is 17.1 Å². The lowest BCUT2D eigenvalue weighted by molar-refractivity contribution is -0.384. The first-order valence-corrected chi connectivity index (χ1v) is 10.6. The molecule has 0 N–H and O–H groups in total. The number of nitrogens with zero attached hydrogens (tertiary/aromatic N) is 3. The Balaban J connectivity index is 1.58. The van der Waals surface area contributed by atoms with Gasteiger partial charge in [-0.15, -0.1) is 0 Å². The average Bonchev–Trinajstić information content (AvgIpc) is 3.30. The number of nitro benzene ring substituents is 1. The van der Waals surface area contributed by atoms with Crippen molar-refractivity contribution in [3.05, 3.63) is 99.1 Å². The molecule has 0 spiro atoms. The summed E-state index contributed by atoms with van der Waals surface area (Å²) >= 11 is 6.02. The number of carbonyl (C=O) groups excluding carboxylic acids is 2. The number of aryl methyl sites for hydroxylation is 1. The third kappa shape index (κ3) is 3.53. The molecule has 3 unspecified atom stereocenters. The van der Waals surface area contributed by atoms with Gasteiger partial charge in [0.25, 0.3) is 11.6 Å². The van der Waals surface area contributed by atoms with Gasteiger partial charge in [-0.3, -0.25) is 24.5 Å². The Kier molecular flexibility index (Phi) is 5.11. The summed E-state index contributed by atoms with van der Waals surface area (Å²) in [5.74, 6) is -1.65. The molecule has 3 aromatic carbocycles. The van der Waals surface area contributed by atoms with Gasteiger partial charge in [0.05, 0.1) is 22.3 Å². The molecule has 5 rings (SSSR count). The van der Waals surface area contributed by atoms with Crippen LogP contribution in [0.2, 0.25) is 5.02 Å². The number of hydrogen-bond acceptors (Lipinski definition) is 6. The van der Waals surface area contributed by atoms with Crippen LogP contribution >= 0.6 is 11.6 Å². The summed E-state index contributed by atoms with van der Waals surface area (Å²) in [5, 5.41) is 13.2.